The lowest BCUT2D eigenvalue weighted by Crippen LogP contribution is -2.18. The summed E-state index contributed by atoms with van der Waals surface area (Å²) in [7, 11) is 0. The van der Waals surface area contributed by atoms with Crippen LogP contribution in [0.3, 0.4) is 0 Å². The van der Waals surface area contributed by atoms with Gasteiger partial charge in [-0.25, -0.2) is 0 Å². The highest BCUT2D eigenvalue weighted by molar-refractivity contribution is 9.10. The van der Waals surface area contributed by atoms with Crippen molar-refractivity contribution in [3.8, 4) is 0 Å². The van der Waals surface area contributed by atoms with Crippen molar-refractivity contribution in [2.24, 2.45) is 5.92 Å². The summed E-state index contributed by atoms with van der Waals surface area (Å²) in [4.78, 5) is 12.7. The van der Waals surface area contributed by atoms with Crippen LogP contribution in [0.4, 0.5) is 0 Å². The summed E-state index contributed by atoms with van der Waals surface area (Å²) in [6.07, 6.45) is 3.95. The van der Waals surface area contributed by atoms with Gasteiger partial charge in [-0.05, 0) is 23.3 Å². The van der Waals surface area contributed by atoms with E-state index in [2.05, 4.69) is 34.6 Å². The van der Waals surface area contributed by atoms with Gasteiger partial charge in [0.05, 0.1) is 5.92 Å². The molecule has 21 heavy (non-hydrogen) atoms. The Labute approximate surface area is 133 Å². The van der Waals surface area contributed by atoms with Gasteiger partial charge < -0.3 is 0 Å². The minimum atomic E-state index is -0.166. The summed E-state index contributed by atoms with van der Waals surface area (Å²) < 4.78 is 1.04. The molecule has 0 amide bonds. The second-order valence-electron chi connectivity index (χ2n) is 5.22. The van der Waals surface area contributed by atoms with Gasteiger partial charge in [0.1, 0.15) is 0 Å². The van der Waals surface area contributed by atoms with Gasteiger partial charge in [-0.1, -0.05) is 77.1 Å². The Balaban J connectivity index is 1.94. The third kappa shape index (κ3) is 2.77. The molecule has 0 aromatic heterocycles. The summed E-state index contributed by atoms with van der Waals surface area (Å²) in [5.41, 5.74) is 2.87. The van der Waals surface area contributed by atoms with E-state index in [1.54, 1.807) is 0 Å². The third-order valence-corrected chi connectivity index (χ3v) is 4.40. The van der Waals surface area contributed by atoms with E-state index in [0.717, 1.165) is 21.2 Å². The fourth-order valence-electron chi connectivity index (χ4n) is 2.80. The minimum Gasteiger partial charge on any atom is -0.293 e. The highest BCUT2D eigenvalue weighted by atomic mass is 79.9. The molecule has 0 N–H and O–H groups in total. The van der Waals surface area contributed by atoms with Crippen molar-refractivity contribution < 1.29 is 4.79 Å². The number of carbonyl (C=O) groups excluding carboxylic acids is 1. The van der Waals surface area contributed by atoms with E-state index in [1.165, 1.54) is 0 Å². The molecule has 1 nitrogen and oxygen atoms in total. The van der Waals surface area contributed by atoms with Crippen LogP contribution in [0.2, 0.25) is 0 Å². The molecule has 1 aliphatic carbocycles. The van der Waals surface area contributed by atoms with Crippen LogP contribution < -0.4 is 0 Å². The monoisotopic (exact) mass is 338 g/mol. The molecule has 0 fully saturated rings. The number of allylic oxidation sites excluding steroid dienone is 3. The molecule has 3 rings (SSSR count). The topological polar surface area (TPSA) is 17.1 Å². The van der Waals surface area contributed by atoms with Crippen molar-refractivity contribution in [2.45, 2.75) is 5.92 Å². The Morgan fingerprint density at radius 3 is 2.33 bits per heavy atom. The number of carbonyl (C=O) groups is 1. The molecule has 0 unspecified atom stereocenters. The second-order valence-corrected chi connectivity index (χ2v) is 6.13. The Morgan fingerprint density at radius 2 is 1.67 bits per heavy atom. The van der Waals surface area contributed by atoms with Gasteiger partial charge in [0.2, 0.25) is 0 Å². The van der Waals surface area contributed by atoms with Crippen LogP contribution in [0.25, 0.3) is 0 Å². The molecular weight excluding hydrogens is 324 g/mol. The first-order valence-corrected chi connectivity index (χ1v) is 7.68. The zero-order valence-corrected chi connectivity index (χ0v) is 13.1. The lowest BCUT2D eigenvalue weighted by atomic mass is 9.82. The Hall–Kier alpha value is -1.93. The first-order chi connectivity index (χ1) is 10.2. The zero-order valence-electron chi connectivity index (χ0n) is 11.5. The van der Waals surface area contributed by atoms with E-state index in [0.29, 0.717) is 0 Å². The average molecular weight is 339 g/mol. The van der Waals surface area contributed by atoms with E-state index in [9.17, 15) is 4.79 Å². The number of hydrogen-bond donors (Lipinski definition) is 0. The molecule has 0 saturated carbocycles. The first kappa shape index (κ1) is 14.0. The molecule has 2 heteroatoms. The van der Waals surface area contributed by atoms with Crippen molar-refractivity contribution in [1.82, 2.24) is 0 Å². The maximum absolute atomic E-state index is 12.7. The van der Waals surface area contributed by atoms with Gasteiger partial charge in [0.25, 0.3) is 0 Å². The predicted molar refractivity (Wildman–Crippen MR) is 89.4 cm³/mol. The first-order valence-electron chi connectivity index (χ1n) is 6.88. The van der Waals surface area contributed by atoms with Gasteiger partial charge in [-0.15, -0.1) is 0 Å². The molecule has 1 aliphatic rings. The van der Waals surface area contributed by atoms with Crippen molar-refractivity contribution in [3.05, 3.63) is 94.5 Å². The third-order valence-electron chi connectivity index (χ3n) is 3.87. The van der Waals surface area contributed by atoms with Crippen LogP contribution in [0, 0.1) is 5.92 Å². The van der Waals surface area contributed by atoms with Crippen LogP contribution in [-0.2, 0) is 0 Å². The molecule has 2 aromatic rings. The van der Waals surface area contributed by atoms with Crippen LogP contribution >= 0.6 is 15.9 Å². The van der Waals surface area contributed by atoms with Crippen molar-refractivity contribution >= 4 is 21.7 Å². The van der Waals surface area contributed by atoms with Crippen molar-refractivity contribution in [1.29, 1.82) is 0 Å². The SMILES string of the molecule is C=C1C=C[C@H](C(=O)c2ccccc2)[C@H]1c1ccc(Br)cc1. The van der Waals surface area contributed by atoms with Crippen molar-refractivity contribution in [2.75, 3.05) is 0 Å². The Morgan fingerprint density at radius 1 is 1.00 bits per heavy atom. The lowest BCUT2D eigenvalue weighted by molar-refractivity contribution is 0.0939. The molecule has 0 heterocycles. The smallest absolute Gasteiger partial charge is 0.170 e. The van der Waals surface area contributed by atoms with Crippen LogP contribution in [0.1, 0.15) is 21.8 Å². The number of rotatable bonds is 3. The molecule has 0 bridgehead atoms. The fourth-order valence-corrected chi connectivity index (χ4v) is 3.06. The molecular formula is C19H15BrO. The van der Waals surface area contributed by atoms with Crippen LogP contribution in [0.15, 0.2) is 83.4 Å². The molecule has 0 saturated heterocycles. The maximum atomic E-state index is 12.7. The normalized spacial score (nSPS) is 20.7. The van der Waals surface area contributed by atoms with Crippen LogP contribution in [-0.4, -0.2) is 5.78 Å². The van der Waals surface area contributed by atoms with E-state index in [-0.39, 0.29) is 17.6 Å². The van der Waals surface area contributed by atoms with E-state index < -0.39 is 0 Å². The Kier molecular flexibility index (Phi) is 3.89. The summed E-state index contributed by atoms with van der Waals surface area (Å²) in [6, 6.07) is 17.6. The molecule has 2 atom stereocenters. The number of Topliss-reactive ketones (excluding diaryl/α,β-unsaturated/α-hetero) is 1. The second kappa shape index (κ2) is 5.82. The summed E-state index contributed by atoms with van der Waals surface area (Å²) in [5, 5.41) is 0. The highest BCUT2D eigenvalue weighted by Gasteiger charge is 2.33. The number of hydrogen-bond acceptors (Lipinski definition) is 1. The van der Waals surface area contributed by atoms with E-state index in [1.807, 2.05) is 54.6 Å². The number of benzene rings is 2. The van der Waals surface area contributed by atoms with Gasteiger partial charge in [0.15, 0.2) is 5.78 Å². The largest absolute Gasteiger partial charge is 0.293 e. The summed E-state index contributed by atoms with van der Waals surface area (Å²) >= 11 is 3.44. The van der Waals surface area contributed by atoms with Gasteiger partial charge in [-0.2, -0.15) is 0 Å². The average Bonchev–Trinajstić information content (AvgIpc) is 2.90. The molecule has 2 aromatic carbocycles. The highest BCUT2D eigenvalue weighted by Crippen LogP contribution is 2.40. The zero-order chi connectivity index (χ0) is 14.8. The molecule has 104 valence electrons. The maximum Gasteiger partial charge on any atom is 0.170 e. The summed E-state index contributed by atoms with van der Waals surface area (Å²) in [6.45, 7) is 4.11. The van der Waals surface area contributed by atoms with E-state index in [4.69, 9.17) is 0 Å². The van der Waals surface area contributed by atoms with Gasteiger partial charge >= 0.3 is 0 Å². The van der Waals surface area contributed by atoms with Crippen LogP contribution in [0.5, 0.6) is 0 Å². The van der Waals surface area contributed by atoms with E-state index >= 15 is 0 Å². The quantitative estimate of drug-likeness (QED) is 0.706. The lowest BCUT2D eigenvalue weighted by Gasteiger charge is -2.20. The van der Waals surface area contributed by atoms with Crippen molar-refractivity contribution in [3.63, 3.8) is 0 Å². The fraction of sp³-hybridized carbons (Fsp3) is 0.105. The molecule has 0 aliphatic heterocycles. The standard InChI is InChI=1S/C19H15BrO/c1-13-7-12-17(19(21)15-5-3-2-4-6-15)18(13)14-8-10-16(20)11-9-14/h2-12,17-18H,1H2/t17-,18+/m0/s1. The predicted octanol–water partition coefficient (Wildman–Crippen LogP) is 5.16. The number of halogens is 1. The van der Waals surface area contributed by atoms with Gasteiger partial charge in [-0.3, -0.25) is 4.79 Å². The van der Waals surface area contributed by atoms with Gasteiger partial charge in [0, 0.05) is 16.0 Å². The molecule has 0 radical (unpaired) electrons. The number of ketones is 1. The Bertz CT molecular complexity index is 698. The summed E-state index contributed by atoms with van der Waals surface area (Å²) in [5.74, 6) is 0.0188. The minimum absolute atomic E-state index is 0.0332. The molecule has 0 spiro atoms.